The number of hydrogen-bond donors (Lipinski definition) is 2. The number of aliphatic hydroxyl groups excluding tert-OH is 1. The highest BCUT2D eigenvalue weighted by atomic mass is 16.7. The summed E-state index contributed by atoms with van der Waals surface area (Å²) in [5.74, 6) is 0.214. The van der Waals surface area contributed by atoms with E-state index in [9.17, 15) is 9.90 Å². The third-order valence-corrected chi connectivity index (χ3v) is 8.65. The predicted molar refractivity (Wildman–Crippen MR) is 165 cm³/mol. The number of nitrogens with one attached hydrogen (secondary N) is 1. The summed E-state index contributed by atoms with van der Waals surface area (Å²) in [5, 5.41) is 14.0. The van der Waals surface area contributed by atoms with Crippen molar-refractivity contribution in [3.63, 3.8) is 0 Å². The van der Waals surface area contributed by atoms with Gasteiger partial charge in [0.2, 0.25) is 5.91 Å². The lowest BCUT2D eigenvalue weighted by atomic mass is 9.89. The zero-order valence-electron chi connectivity index (χ0n) is 25.5. The molecule has 0 radical (unpaired) electrons. The maximum absolute atomic E-state index is 11.7. The van der Waals surface area contributed by atoms with Crippen molar-refractivity contribution in [1.29, 1.82) is 0 Å². The first-order chi connectivity index (χ1) is 20.6. The number of aryl methyl sites for hydroxylation is 1. The molecule has 3 aliphatic rings. The third-order valence-electron chi connectivity index (χ3n) is 8.65. The molecule has 2 saturated heterocycles. The second-order valence-electron chi connectivity index (χ2n) is 11.9. The zero-order chi connectivity index (χ0) is 29.4. The lowest BCUT2D eigenvalue weighted by molar-refractivity contribution is -0.193. The summed E-state index contributed by atoms with van der Waals surface area (Å²) in [7, 11) is 0. The quantitative estimate of drug-likeness (QED) is 0.177. The number of benzene rings is 1. The Bertz CT molecular complexity index is 940. The van der Waals surface area contributed by atoms with E-state index in [1.807, 2.05) is 13.0 Å². The fourth-order valence-electron chi connectivity index (χ4n) is 6.31. The largest absolute Gasteiger partial charge is 0.393 e. The van der Waals surface area contributed by atoms with Crippen LogP contribution >= 0.6 is 0 Å². The van der Waals surface area contributed by atoms with Gasteiger partial charge in [0.15, 0.2) is 12.6 Å². The summed E-state index contributed by atoms with van der Waals surface area (Å²) >= 11 is 0. The van der Waals surface area contributed by atoms with Gasteiger partial charge < -0.3 is 29.4 Å². The molecule has 234 valence electrons. The Morgan fingerprint density at radius 3 is 2.55 bits per heavy atom. The standard InChI is InChI=1S/C35H53NO6/c1-2-36-33(38)17-9-4-3-8-16-29-30(32(26-31(29)37)42-35-19-11-13-25-40-35)23-22-28(41-34-18-10-12-24-39-34)21-20-27-14-6-5-7-15-27/h3,5-8,14-15,22-23,28-32,34-35,37H,2,4,9-13,16-21,24-26H2,1H3,(H,36,38)/b8-3-,23-22+/t28?,29-,30-,31+,32-,34?,35?/m1/s1. The minimum atomic E-state index is -0.446. The molecule has 3 fully saturated rings. The second-order valence-corrected chi connectivity index (χ2v) is 11.9. The zero-order valence-corrected chi connectivity index (χ0v) is 25.5. The van der Waals surface area contributed by atoms with Gasteiger partial charge in [0.05, 0.1) is 18.3 Å². The topological polar surface area (TPSA) is 86.3 Å². The highest BCUT2D eigenvalue weighted by Crippen LogP contribution is 2.39. The summed E-state index contributed by atoms with van der Waals surface area (Å²) < 4.78 is 24.9. The number of hydrogen-bond acceptors (Lipinski definition) is 6. The van der Waals surface area contributed by atoms with Crippen LogP contribution in [0.4, 0.5) is 0 Å². The molecule has 1 aliphatic carbocycles. The molecule has 7 atom stereocenters. The van der Waals surface area contributed by atoms with E-state index >= 15 is 0 Å². The molecule has 1 amide bonds. The Hall–Kier alpha value is -2.03. The van der Waals surface area contributed by atoms with Crippen LogP contribution in [-0.2, 0) is 30.2 Å². The van der Waals surface area contributed by atoms with Crippen LogP contribution in [0, 0.1) is 11.8 Å². The Morgan fingerprint density at radius 2 is 1.83 bits per heavy atom. The van der Waals surface area contributed by atoms with E-state index in [0.29, 0.717) is 19.4 Å². The van der Waals surface area contributed by atoms with Gasteiger partial charge in [-0.25, -0.2) is 0 Å². The van der Waals surface area contributed by atoms with Crippen LogP contribution in [-0.4, -0.2) is 61.7 Å². The SMILES string of the molecule is CCNC(=O)CCC/C=C\C[C@@H]1[C@@H](/C=C/C(CCc2ccccc2)OC2CCCCO2)[C@H](OC2CCCCO2)C[C@@H]1O. The number of allylic oxidation sites excluding steroid dienone is 2. The minimum Gasteiger partial charge on any atom is -0.393 e. The van der Waals surface area contributed by atoms with E-state index in [1.54, 1.807) is 0 Å². The van der Waals surface area contributed by atoms with Crippen molar-refractivity contribution in [2.24, 2.45) is 11.8 Å². The summed E-state index contributed by atoms with van der Waals surface area (Å²) in [6.45, 7) is 4.10. The van der Waals surface area contributed by atoms with Crippen LogP contribution in [0.1, 0.15) is 89.5 Å². The molecule has 7 nitrogen and oxygen atoms in total. The molecule has 1 aromatic rings. The smallest absolute Gasteiger partial charge is 0.219 e. The normalized spacial score (nSPS) is 29.3. The van der Waals surface area contributed by atoms with Gasteiger partial charge in [0, 0.05) is 38.5 Å². The first-order valence-electron chi connectivity index (χ1n) is 16.5. The van der Waals surface area contributed by atoms with Gasteiger partial charge in [-0.3, -0.25) is 4.79 Å². The van der Waals surface area contributed by atoms with Crippen molar-refractivity contribution in [2.45, 2.75) is 121 Å². The van der Waals surface area contributed by atoms with Crippen LogP contribution in [0.15, 0.2) is 54.6 Å². The van der Waals surface area contributed by atoms with Crippen molar-refractivity contribution in [3.05, 3.63) is 60.2 Å². The predicted octanol–water partition coefficient (Wildman–Crippen LogP) is 6.25. The molecule has 7 heteroatoms. The van der Waals surface area contributed by atoms with Crippen molar-refractivity contribution < 1.29 is 28.8 Å². The molecule has 0 spiro atoms. The Morgan fingerprint density at radius 1 is 1.07 bits per heavy atom. The highest BCUT2D eigenvalue weighted by molar-refractivity contribution is 5.75. The summed E-state index contributed by atoms with van der Waals surface area (Å²) in [6.07, 6.45) is 19.4. The first kappa shape index (κ1) is 32.9. The van der Waals surface area contributed by atoms with Crippen LogP contribution in [0.2, 0.25) is 0 Å². The molecule has 2 N–H and O–H groups in total. The summed E-state index contributed by atoms with van der Waals surface area (Å²) in [5.41, 5.74) is 1.30. The van der Waals surface area contributed by atoms with Crippen LogP contribution in [0.3, 0.4) is 0 Å². The van der Waals surface area contributed by atoms with E-state index < -0.39 is 6.10 Å². The second kappa shape index (κ2) is 18.6. The Kier molecular flexibility index (Phi) is 14.6. The molecule has 3 unspecified atom stereocenters. The van der Waals surface area contributed by atoms with Crippen molar-refractivity contribution in [1.82, 2.24) is 5.32 Å². The molecular weight excluding hydrogens is 530 g/mol. The monoisotopic (exact) mass is 583 g/mol. The third kappa shape index (κ3) is 11.2. The molecule has 1 aromatic carbocycles. The molecule has 0 aromatic heterocycles. The van der Waals surface area contributed by atoms with E-state index in [1.165, 1.54) is 5.56 Å². The van der Waals surface area contributed by atoms with Gasteiger partial charge in [-0.2, -0.15) is 0 Å². The number of unbranched alkanes of at least 4 members (excludes halogenated alkanes) is 1. The Labute approximate surface area is 253 Å². The van der Waals surface area contributed by atoms with Crippen LogP contribution in [0.5, 0.6) is 0 Å². The number of carbonyl (C=O) groups is 1. The summed E-state index contributed by atoms with van der Waals surface area (Å²) in [4.78, 5) is 11.7. The highest BCUT2D eigenvalue weighted by Gasteiger charge is 2.42. The molecule has 1 saturated carbocycles. The molecular formula is C35H53NO6. The van der Waals surface area contributed by atoms with Gasteiger partial charge in [0.1, 0.15) is 0 Å². The van der Waals surface area contributed by atoms with E-state index in [0.717, 1.165) is 83.8 Å². The molecule has 0 bridgehead atoms. The molecule has 42 heavy (non-hydrogen) atoms. The Balaban J connectivity index is 1.42. The van der Waals surface area contributed by atoms with Crippen LogP contribution < -0.4 is 5.32 Å². The van der Waals surface area contributed by atoms with E-state index in [-0.39, 0.29) is 42.5 Å². The maximum atomic E-state index is 11.7. The fraction of sp³-hybridized carbons (Fsp3) is 0.686. The first-order valence-corrected chi connectivity index (χ1v) is 16.5. The molecule has 2 heterocycles. The van der Waals surface area contributed by atoms with Gasteiger partial charge >= 0.3 is 0 Å². The average molecular weight is 584 g/mol. The van der Waals surface area contributed by atoms with E-state index in [4.69, 9.17) is 18.9 Å². The number of carbonyl (C=O) groups excluding carboxylic acids is 1. The lowest BCUT2D eigenvalue weighted by Crippen LogP contribution is -2.31. The molecule has 2 aliphatic heterocycles. The minimum absolute atomic E-state index is 0.0511. The van der Waals surface area contributed by atoms with Crippen LogP contribution in [0.25, 0.3) is 0 Å². The number of aliphatic hydroxyl groups is 1. The molecule has 4 rings (SSSR count). The maximum Gasteiger partial charge on any atom is 0.219 e. The fourth-order valence-corrected chi connectivity index (χ4v) is 6.31. The van der Waals surface area contributed by atoms with Gasteiger partial charge in [-0.05, 0) is 89.0 Å². The number of rotatable bonds is 16. The number of amides is 1. The van der Waals surface area contributed by atoms with E-state index in [2.05, 4.69) is 53.9 Å². The average Bonchev–Trinajstić information content (AvgIpc) is 3.30. The van der Waals surface area contributed by atoms with Crippen molar-refractivity contribution >= 4 is 5.91 Å². The van der Waals surface area contributed by atoms with Gasteiger partial charge in [0.25, 0.3) is 0 Å². The van der Waals surface area contributed by atoms with Crippen molar-refractivity contribution in [3.8, 4) is 0 Å². The number of ether oxygens (including phenoxy) is 4. The lowest BCUT2D eigenvalue weighted by Gasteiger charge is -2.30. The van der Waals surface area contributed by atoms with Crippen molar-refractivity contribution in [2.75, 3.05) is 19.8 Å². The summed E-state index contributed by atoms with van der Waals surface area (Å²) in [6, 6.07) is 10.5. The van der Waals surface area contributed by atoms with Gasteiger partial charge in [-0.15, -0.1) is 0 Å². The van der Waals surface area contributed by atoms with Gasteiger partial charge in [-0.1, -0.05) is 54.6 Å².